The van der Waals surface area contributed by atoms with E-state index in [1.54, 1.807) is 0 Å². The third kappa shape index (κ3) is 5.87. The van der Waals surface area contributed by atoms with E-state index in [2.05, 4.69) is 14.7 Å². The molecule has 0 aliphatic carbocycles. The molecular formula is C24H22F2N4O6S2. The van der Waals surface area contributed by atoms with E-state index >= 15 is 0 Å². The molecule has 0 amide bonds. The number of ether oxygens (including phenoxy) is 1. The molecule has 0 saturated heterocycles. The van der Waals surface area contributed by atoms with Crippen molar-refractivity contribution in [1.82, 2.24) is 14.5 Å². The quantitative estimate of drug-likeness (QED) is 0.307. The number of benzene rings is 2. The van der Waals surface area contributed by atoms with E-state index in [0.717, 1.165) is 24.5 Å². The fraction of sp³-hybridized carbons (Fsp3) is 0.208. The van der Waals surface area contributed by atoms with Gasteiger partial charge in [0.05, 0.1) is 24.6 Å². The summed E-state index contributed by atoms with van der Waals surface area (Å²) in [6, 6.07) is 10.2. The SMILES string of the molecule is COCCn1c(=O)c(-c2ccc(NS(=O)(=O)Cc3ccccc3F)c(F)c2)cc2cnc(S(C)(=O)=O)nc21. The van der Waals surface area contributed by atoms with E-state index < -0.39 is 48.0 Å². The van der Waals surface area contributed by atoms with Crippen molar-refractivity contribution >= 4 is 36.6 Å². The van der Waals surface area contributed by atoms with Crippen molar-refractivity contribution in [2.75, 3.05) is 24.7 Å². The Morgan fingerprint density at radius 2 is 1.76 bits per heavy atom. The number of anilines is 1. The lowest BCUT2D eigenvalue weighted by Crippen LogP contribution is -2.25. The van der Waals surface area contributed by atoms with E-state index in [4.69, 9.17) is 4.74 Å². The number of hydrogen-bond acceptors (Lipinski definition) is 8. The van der Waals surface area contributed by atoms with Crippen molar-refractivity contribution in [3.8, 4) is 11.1 Å². The first-order chi connectivity index (χ1) is 17.9. The van der Waals surface area contributed by atoms with Crippen molar-refractivity contribution in [3.63, 3.8) is 0 Å². The zero-order chi connectivity index (χ0) is 27.7. The highest BCUT2D eigenvalue weighted by atomic mass is 32.2. The highest BCUT2D eigenvalue weighted by Gasteiger charge is 2.20. The largest absolute Gasteiger partial charge is 0.383 e. The van der Waals surface area contributed by atoms with Crippen LogP contribution in [-0.2, 0) is 36.9 Å². The predicted molar refractivity (Wildman–Crippen MR) is 137 cm³/mol. The minimum Gasteiger partial charge on any atom is -0.383 e. The summed E-state index contributed by atoms with van der Waals surface area (Å²) in [4.78, 5) is 21.2. The number of methoxy groups -OCH3 is 1. The van der Waals surface area contributed by atoms with Crippen LogP contribution in [0, 0.1) is 11.6 Å². The number of sulfone groups is 1. The van der Waals surface area contributed by atoms with Crippen molar-refractivity contribution in [2.45, 2.75) is 17.5 Å². The van der Waals surface area contributed by atoms with Crippen molar-refractivity contribution in [3.05, 3.63) is 82.3 Å². The van der Waals surface area contributed by atoms with Crippen molar-refractivity contribution < 1.29 is 30.4 Å². The number of halogens is 2. The van der Waals surface area contributed by atoms with E-state index in [1.807, 2.05) is 0 Å². The molecule has 4 rings (SSSR count). The van der Waals surface area contributed by atoms with Crippen LogP contribution >= 0.6 is 0 Å². The molecule has 0 saturated carbocycles. The average Bonchev–Trinajstić information content (AvgIpc) is 2.85. The molecule has 0 fully saturated rings. The Balaban J connectivity index is 1.73. The molecule has 14 heteroatoms. The summed E-state index contributed by atoms with van der Waals surface area (Å²) in [6.07, 6.45) is 2.18. The number of nitrogens with zero attached hydrogens (tertiary/aromatic N) is 3. The molecule has 0 aliphatic rings. The molecule has 0 aliphatic heterocycles. The van der Waals surface area contributed by atoms with Crippen LogP contribution < -0.4 is 10.3 Å². The summed E-state index contributed by atoms with van der Waals surface area (Å²) < 4.78 is 86.1. The molecule has 2 aromatic heterocycles. The van der Waals surface area contributed by atoms with Crippen LogP contribution in [-0.4, -0.2) is 51.3 Å². The Kier molecular flexibility index (Phi) is 7.58. The summed E-state index contributed by atoms with van der Waals surface area (Å²) in [5.74, 6) is -2.38. The Labute approximate surface area is 216 Å². The van der Waals surface area contributed by atoms with Gasteiger partial charge in [0.1, 0.15) is 17.3 Å². The van der Waals surface area contributed by atoms with Gasteiger partial charge in [0.25, 0.3) is 5.56 Å². The van der Waals surface area contributed by atoms with Crippen LogP contribution in [0.15, 0.2) is 64.7 Å². The number of nitrogens with one attached hydrogen (secondary N) is 1. The molecule has 1 N–H and O–H groups in total. The zero-order valence-electron chi connectivity index (χ0n) is 20.2. The maximum absolute atomic E-state index is 15.0. The Hall–Kier alpha value is -3.75. The van der Waals surface area contributed by atoms with Gasteiger partial charge in [-0.05, 0) is 29.8 Å². The summed E-state index contributed by atoms with van der Waals surface area (Å²) in [7, 11) is -6.48. The lowest BCUT2D eigenvalue weighted by atomic mass is 10.1. The maximum atomic E-state index is 15.0. The highest BCUT2D eigenvalue weighted by Crippen LogP contribution is 2.26. The van der Waals surface area contributed by atoms with Gasteiger partial charge in [-0.1, -0.05) is 24.3 Å². The second-order valence-electron chi connectivity index (χ2n) is 8.36. The Morgan fingerprint density at radius 1 is 1.03 bits per heavy atom. The summed E-state index contributed by atoms with van der Waals surface area (Å²) in [5, 5.41) is -0.139. The standard InChI is InChI=1S/C24H22F2N4O6S2/c1-36-10-9-30-22-17(13-27-24(28-22)37(2,32)33)11-18(23(30)31)15-7-8-21(20(26)12-15)29-38(34,35)14-16-5-3-4-6-19(16)25/h3-8,11-13,29H,9-10,14H2,1-2H3. The summed E-state index contributed by atoms with van der Waals surface area (Å²) in [5.41, 5.74) is -0.823. The molecule has 0 spiro atoms. The first-order valence-electron chi connectivity index (χ1n) is 11.0. The van der Waals surface area contributed by atoms with Gasteiger partial charge in [-0.15, -0.1) is 0 Å². The smallest absolute Gasteiger partial charge is 0.260 e. The third-order valence-corrected chi connectivity index (χ3v) is 7.59. The average molecular weight is 565 g/mol. The van der Waals surface area contributed by atoms with E-state index in [-0.39, 0.29) is 41.2 Å². The second kappa shape index (κ2) is 10.6. The van der Waals surface area contributed by atoms with Crippen molar-refractivity contribution in [2.24, 2.45) is 0 Å². The first-order valence-corrected chi connectivity index (χ1v) is 14.6. The monoisotopic (exact) mass is 564 g/mol. The zero-order valence-corrected chi connectivity index (χ0v) is 21.8. The molecule has 38 heavy (non-hydrogen) atoms. The number of aromatic nitrogens is 3. The molecular weight excluding hydrogens is 542 g/mol. The third-order valence-electron chi connectivity index (χ3n) is 5.50. The van der Waals surface area contributed by atoms with E-state index in [0.29, 0.717) is 5.39 Å². The topological polar surface area (TPSA) is 137 Å². The van der Waals surface area contributed by atoms with Gasteiger partial charge >= 0.3 is 0 Å². The van der Waals surface area contributed by atoms with Crippen LogP contribution in [0.1, 0.15) is 5.56 Å². The Morgan fingerprint density at radius 3 is 2.42 bits per heavy atom. The van der Waals surface area contributed by atoms with Crippen LogP contribution in [0.5, 0.6) is 0 Å². The molecule has 2 aromatic carbocycles. The van der Waals surface area contributed by atoms with Gasteiger partial charge in [-0.2, -0.15) is 4.98 Å². The first kappa shape index (κ1) is 27.3. The number of fused-ring (bicyclic) bond motifs is 1. The highest BCUT2D eigenvalue weighted by molar-refractivity contribution is 7.92. The normalized spacial score (nSPS) is 12.1. The van der Waals surface area contributed by atoms with Crippen LogP contribution in [0.3, 0.4) is 0 Å². The number of sulfonamides is 1. The van der Waals surface area contributed by atoms with Crippen LogP contribution in [0.25, 0.3) is 22.2 Å². The molecule has 0 radical (unpaired) electrons. The summed E-state index contributed by atoms with van der Waals surface area (Å²) >= 11 is 0. The fourth-order valence-corrected chi connectivity index (χ4v) is 5.42. The lowest BCUT2D eigenvalue weighted by molar-refractivity contribution is 0.187. The molecule has 2 heterocycles. The van der Waals surface area contributed by atoms with E-state index in [1.165, 1.54) is 48.2 Å². The van der Waals surface area contributed by atoms with Gasteiger partial charge in [-0.3, -0.25) is 14.1 Å². The minimum atomic E-state index is -4.16. The number of hydrogen-bond donors (Lipinski definition) is 1. The van der Waals surface area contributed by atoms with Gasteiger partial charge in [0.15, 0.2) is 0 Å². The summed E-state index contributed by atoms with van der Waals surface area (Å²) in [6.45, 7) is 0.129. The maximum Gasteiger partial charge on any atom is 0.260 e. The lowest BCUT2D eigenvalue weighted by Gasteiger charge is -2.14. The van der Waals surface area contributed by atoms with Crippen LogP contribution in [0.2, 0.25) is 0 Å². The Bertz CT molecular complexity index is 1810. The van der Waals surface area contributed by atoms with Crippen LogP contribution in [0.4, 0.5) is 14.5 Å². The molecule has 4 aromatic rings. The van der Waals surface area contributed by atoms with Crippen molar-refractivity contribution in [1.29, 1.82) is 0 Å². The van der Waals surface area contributed by atoms with Gasteiger partial charge in [0, 0.05) is 36.1 Å². The molecule has 0 bridgehead atoms. The van der Waals surface area contributed by atoms with Gasteiger partial charge < -0.3 is 4.74 Å². The van der Waals surface area contributed by atoms with E-state index in [9.17, 15) is 30.4 Å². The fourth-order valence-electron chi connectivity index (χ4n) is 3.71. The molecule has 0 atom stereocenters. The van der Waals surface area contributed by atoms with Gasteiger partial charge in [-0.25, -0.2) is 30.6 Å². The molecule has 0 unspecified atom stereocenters. The predicted octanol–water partition coefficient (Wildman–Crippen LogP) is 2.73. The van der Waals surface area contributed by atoms with Gasteiger partial charge in [0.2, 0.25) is 25.0 Å². The molecule has 10 nitrogen and oxygen atoms in total. The minimum absolute atomic E-state index is 0.0241. The molecule has 200 valence electrons. The second-order valence-corrected chi connectivity index (χ2v) is 12.0. The number of rotatable bonds is 9. The number of pyridine rings is 1.